The van der Waals surface area contributed by atoms with Crippen molar-refractivity contribution in [2.45, 2.75) is 90.7 Å². The molecule has 4 heterocycles. The number of fused-ring (bicyclic) bond motifs is 5. The first kappa shape index (κ1) is 34.2. The topological polar surface area (TPSA) is 158 Å². The third-order valence-corrected chi connectivity index (χ3v) is 10.00. The number of halogens is 1. The lowest BCUT2D eigenvalue weighted by molar-refractivity contribution is -0.172. The van der Waals surface area contributed by atoms with Crippen molar-refractivity contribution in [3.8, 4) is 17.1 Å². The molecule has 0 saturated heterocycles. The number of cyclic esters (lactones) is 1. The number of hydrogen-bond acceptors (Lipinski definition) is 9. The fraction of sp³-hybridized carbons (Fsp3) is 0.395. The Morgan fingerprint density at radius 2 is 1.92 bits per heavy atom. The Bertz CT molecular complexity index is 2240. The summed E-state index contributed by atoms with van der Waals surface area (Å²) in [4.78, 5) is 57.5. The fourth-order valence-electron chi connectivity index (χ4n) is 7.51. The highest BCUT2D eigenvalue weighted by Crippen LogP contribution is 2.46. The molecule has 2 aromatic heterocycles. The molecule has 51 heavy (non-hydrogen) atoms. The molecule has 3 aliphatic rings. The Kier molecular flexibility index (Phi) is 8.16. The van der Waals surface area contributed by atoms with Gasteiger partial charge in [0.1, 0.15) is 23.8 Å². The molecule has 1 aliphatic carbocycles. The van der Waals surface area contributed by atoms with Crippen molar-refractivity contribution in [3.05, 3.63) is 85.4 Å². The summed E-state index contributed by atoms with van der Waals surface area (Å²) in [7, 11) is 1.48. The molecule has 2 atom stereocenters. The number of anilines is 1. The van der Waals surface area contributed by atoms with Gasteiger partial charge in [0.2, 0.25) is 5.91 Å². The minimum Gasteiger partial charge on any atom is -0.496 e. The summed E-state index contributed by atoms with van der Waals surface area (Å²) >= 11 is 0. The number of carbonyl (C=O) groups is 3. The molecule has 4 aromatic rings. The number of pyridine rings is 2. The predicted octanol–water partition coefficient (Wildman–Crippen LogP) is 5.23. The van der Waals surface area contributed by atoms with Crippen LogP contribution in [-0.4, -0.2) is 45.3 Å². The van der Waals surface area contributed by atoms with E-state index in [1.807, 2.05) is 0 Å². The van der Waals surface area contributed by atoms with E-state index in [0.29, 0.717) is 57.9 Å². The van der Waals surface area contributed by atoms with Crippen molar-refractivity contribution in [1.29, 1.82) is 0 Å². The molecular formula is C38H39FN4O8. The van der Waals surface area contributed by atoms with Crippen LogP contribution in [0.3, 0.4) is 0 Å². The van der Waals surface area contributed by atoms with E-state index < -0.39 is 40.7 Å². The minimum absolute atomic E-state index is 0.000696. The molecule has 12 nitrogen and oxygen atoms in total. The number of methoxy groups -OCH3 is 1. The minimum atomic E-state index is -1.99. The largest absolute Gasteiger partial charge is 0.496 e. The van der Waals surface area contributed by atoms with Crippen LogP contribution in [0.1, 0.15) is 85.5 Å². The van der Waals surface area contributed by atoms with Crippen LogP contribution in [0.2, 0.25) is 0 Å². The van der Waals surface area contributed by atoms with Gasteiger partial charge < -0.3 is 29.2 Å². The average molecular weight is 699 g/mol. The number of esters is 1. The molecule has 2 aliphatic heterocycles. The van der Waals surface area contributed by atoms with Crippen LogP contribution >= 0.6 is 0 Å². The molecular weight excluding hydrogens is 659 g/mol. The van der Waals surface area contributed by atoms with Crippen molar-refractivity contribution < 1.29 is 38.1 Å². The second-order valence-electron chi connectivity index (χ2n) is 14.3. The van der Waals surface area contributed by atoms with E-state index in [0.717, 1.165) is 16.5 Å². The van der Waals surface area contributed by atoms with Gasteiger partial charge in [-0.05, 0) is 75.8 Å². The zero-order chi connectivity index (χ0) is 36.6. The predicted molar refractivity (Wildman–Crippen MR) is 185 cm³/mol. The summed E-state index contributed by atoms with van der Waals surface area (Å²) < 4.78 is 32.9. The van der Waals surface area contributed by atoms with Crippen molar-refractivity contribution in [3.63, 3.8) is 0 Å². The van der Waals surface area contributed by atoms with Crippen LogP contribution in [0.25, 0.3) is 22.3 Å². The van der Waals surface area contributed by atoms with Crippen LogP contribution in [0.5, 0.6) is 5.75 Å². The number of aromatic nitrogens is 2. The number of hydrogen-bond donors (Lipinski definition) is 3. The summed E-state index contributed by atoms with van der Waals surface area (Å²) in [5.41, 5.74) is 2.33. The van der Waals surface area contributed by atoms with Gasteiger partial charge in [0.05, 0.1) is 48.6 Å². The van der Waals surface area contributed by atoms with E-state index in [9.17, 15) is 24.3 Å². The third kappa shape index (κ3) is 5.69. The number of benzene rings is 2. The fourth-order valence-corrected chi connectivity index (χ4v) is 7.51. The average Bonchev–Trinajstić information content (AvgIpc) is 3.44. The molecule has 0 unspecified atom stereocenters. The molecule has 2 aromatic carbocycles. The van der Waals surface area contributed by atoms with Crippen LogP contribution in [0.15, 0.2) is 35.1 Å². The van der Waals surface area contributed by atoms with Gasteiger partial charge in [-0.1, -0.05) is 13.0 Å². The number of amides is 2. The smallest absolute Gasteiger partial charge is 0.412 e. The van der Waals surface area contributed by atoms with E-state index in [1.165, 1.54) is 17.7 Å². The van der Waals surface area contributed by atoms with Gasteiger partial charge in [0.25, 0.3) is 5.56 Å². The highest BCUT2D eigenvalue weighted by Gasteiger charge is 2.46. The number of nitrogens with zero attached hydrogens (tertiary/aromatic N) is 2. The Morgan fingerprint density at radius 1 is 1.16 bits per heavy atom. The van der Waals surface area contributed by atoms with Crippen LogP contribution in [0.4, 0.5) is 14.9 Å². The zero-order valence-corrected chi connectivity index (χ0v) is 29.3. The van der Waals surface area contributed by atoms with E-state index in [1.54, 1.807) is 58.9 Å². The highest BCUT2D eigenvalue weighted by molar-refractivity contribution is 5.94. The van der Waals surface area contributed by atoms with E-state index in [2.05, 4.69) is 10.6 Å². The SMILES string of the molecule is CC[C@@]1(O)C(=O)OCc2c1cc1n(c2=O)Cc2c-1nc1cc(F)c(C)c3c1c2[C@@H](NC(=O)Cc1ccc(NC(=O)OC(C)(C)C)cc1OC)CC3. The lowest BCUT2D eigenvalue weighted by atomic mass is 9.81. The van der Waals surface area contributed by atoms with Crippen LogP contribution in [0, 0.1) is 12.7 Å². The maximum Gasteiger partial charge on any atom is 0.412 e. The van der Waals surface area contributed by atoms with Crippen LogP contribution in [-0.2, 0) is 50.7 Å². The third-order valence-electron chi connectivity index (χ3n) is 10.00. The van der Waals surface area contributed by atoms with Gasteiger partial charge in [0, 0.05) is 39.9 Å². The van der Waals surface area contributed by atoms with Crippen LogP contribution < -0.4 is 20.9 Å². The van der Waals surface area contributed by atoms with Gasteiger partial charge >= 0.3 is 12.1 Å². The van der Waals surface area contributed by atoms with Crippen molar-refractivity contribution in [1.82, 2.24) is 14.9 Å². The zero-order valence-electron chi connectivity index (χ0n) is 29.3. The maximum atomic E-state index is 15.3. The lowest BCUT2D eigenvalue weighted by Gasteiger charge is -2.31. The lowest BCUT2D eigenvalue weighted by Crippen LogP contribution is -2.44. The quantitative estimate of drug-likeness (QED) is 0.202. The summed E-state index contributed by atoms with van der Waals surface area (Å²) in [6, 6.07) is 7.48. The van der Waals surface area contributed by atoms with E-state index >= 15 is 4.39 Å². The first-order valence-electron chi connectivity index (χ1n) is 16.9. The molecule has 0 radical (unpaired) electrons. The molecule has 0 bridgehead atoms. The van der Waals surface area contributed by atoms with Gasteiger partial charge in [-0.25, -0.2) is 19.0 Å². The standard InChI is InChI=1S/C38H39FN4O8/c1-7-38(48)24-14-28-33-22(16-43(28)34(45)23(24)17-50-35(38)46)32-26(11-10-21-18(2)25(39)15-27(42-33)31(21)32)41-30(44)12-19-8-9-20(13-29(19)49-6)40-36(47)51-37(3,4)5/h8-9,13-15,26,48H,7,10-12,16-17H2,1-6H3,(H,40,47)(H,41,44)/t26-,38-/m0/s1. The first-order chi connectivity index (χ1) is 24.1. The van der Waals surface area contributed by atoms with E-state index in [-0.39, 0.29) is 43.0 Å². The van der Waals surface area contributed by atoms with Gasteiger partial charge in [0.15, 0.2) is 5.60 Å². The first-order valence-corrected chi connectivity index (χ1v) is 16.9. The molecule has 0 fully saturated rings. The van der Waals surface area contributed by atoms with Gasteiger partial charge in [-0.3, -0.25) is 14.9 Å². The molecule has 7 rings (SSSR count). The molecule has 2 amide bonds. The molecule has 0 saturated carbocycles. The summed E-state index contributed by atoms with van der Waals surface area (Å²) in [5.74, 6) is -1.12. The maximum absolute atomic E-state index is 15.3. The molecule has 0 spiro atoms. The second kappa shape index (κ2) is 12.2. The number of ether oxygens (including phenoxy) is 3. The molecule has 13 heteroatoms. The Hall–Kier alpha value is -5.30. The number of rotatable bonds is 6. The van der Waals surface area contributed by atoms with Crippen molar-refractivity contribution >= 4 is 34.6 Å². The van der Waals surface area contributed by atoms with Gasteiger partial charge in [-0.2, -0.15) is 0 Å². The summed E-state index contributed by atoms with van der Waals surface area (Å²) in [5, 5.41) is 17.9. The molecule has 266 valence electrons. The Balaban J connectivity index is 1.25. The number of aliphatic hydroxyl groups is 1. The number of aryl methyl sites for hydroxylation is 1. The van der Waals surface area contributed by atoms with E-state index in [4.69, 9.17) is 19.2 Å². The number of nitrogens with one attached hydrogen (secondary N) is 2. The van der Waals surface area contributed by atoms with Crippen molar-refractivity contribution in [2.75, 3.05) is 12.4 Å². The Morgan fingerprint density at radius 3 is 2.63 bits per heavy atom. The Labute approximate surface area is 292 Å². The molecule has 3 N–H and O–H groups in total. The summed E-state index contributed by atoms with van der Waals surface area (Å²) in [6.45, 7) is 8.53. The number of carbonyl (C=O) groups excluding carboxylic acids is 3. The van der Waals surface area contributed by atoms with Gasteiger partial charge in [-0.15, -0.1) is 0 Å². The highest BCUT2D eigenvalue weighted by atomic mass is 19.1. The normalized spacial score (nSPS) is 18.7. The van der Waals surface area contributed by atoms with Crippen molar-refractivity contribution in [2.24, 2.45) is 0 Å². The second-order valence-corrected chi connectivity index (χ2v) is 14.3. The monoisotopic (exact) mass is 698 g/mol. The summed E-state index contributed by atoms with van der Waals surface area (Å²) in [6.07, 6.45) is 0.321.